The highest BCUT2D eigenvalue weighted by Gasteiger charge is 2.24. The lowest BCUT2D eigenvalue weighted by Crippen LogP contribution is -2.37. The number of methoxy groups -OCH3 is 1. The van der Waals surface area contributed by atoms with Crippen LogP contribution in [0.4, 0.5) is 0 Å². The van der Waals surface area contributed by atoms with Crippen molar-refractivity contribution in [3.05, 3.63) is 42.2 Å². The molecular weight excluding hydrogens is 364 g/mol. The smallest absolute Gasteiger partial charge is 0.274 e. The Bertz CT molecular complexity index is 795. The van der Waals surface area contributed by atoms with Gasteiger partial charge >= 0.3 is 0 Å². The van der Waals surface area contributed by atoms with Gasteiger partial charge in [0.25, 0.3) is 5.91 Å². The molecule has 0 bridgehead atoms. The molecule has 1 saturated heterocycles. The van der Waals surface area contributed by atoms with Gasteiger partial charge in [-0.25, -0.2) is 4.68 Å². The number of carbonyl (C=O) groups is 1. The lowest BCUT2D eigenvalue weighted by molar-refractivity contribution is 0.0753. The molecule has 1 amide bonds. The zero-order valence-electron chi connectivity index (χ0n) is 17.4. The van der Waals surface area contributed by atoms with E-state index in [1.807, 2.05) is 41.4 Å². The minimum atomic E-state index is 0.0387. The fraction of sp³-hybridized carbons (Fsp3) is 0.565. The first-order valence-electron chi connectivity index (χ1n) is 10.9. The third-order valence-electron chi connectivity index (χ3n) is 6.26. The first kappa shape index (κ1) is 20.0. The second-order valence-electron chi connectivity index (χ2n) is 8.29. The number of hydrogen-bond acceptors (Lipinski definition) is 4. The lowest BCUT2D eigenvalue weighted by atomic mass is 9.89. The summed E-state index contributed by atoms with van der Waals surface area (Å²) >= 11 is 0. The number of benzene rings is 1. The maximum Gasteiger partial charge on any atom is 0.274 e. The van der Waals surface area contributed by atoms with E-state index in [2.05, 4.69) is 10.00 Å². The quantitative estimate of drug-likeness (QED) is 0.775. The monoisotopic (exact) mass is 396 g/mol. The molecule has 0 radical (unpaired) electrons. The van der Waals surface area contributed by atoms with Crippen LogP contribution in [0, 0.1) is 5.92 Å². The van der Waals surface area contributed by atoms with Crippen LogP contribution in [-0.2, 0) is 0 Å². The predicted molar refractivity (Wildman–Crippen MR) is 114 cm³/mol. The van der Waals surface area contributed by atoms with Gasteiger partial charge in [-0.15, -0.1) is 0 Å². The highest BCUT2D eigenvalue weighted by molar-refractivity contribution is 5.92. The van der Waals surface area contributed by atoms with Crippen molar-refractivity contribution in [2.45, 2.75) is 38.5 Å². The Balaban J connectivity index is 1.35. The Labute approximate surface area is 173 Å². The summed E-state index contributed by atoms with van der Waals surface area (Å²) in [5.74, 6) is 1.70. The number of ether oxygens (including phenoxy) is 1. The summed E-state index contributed by atoms with van der Waals surface area (Å²) in [6, 6.07) is 9.49. The number of carbonyl (C=O) groups excluding carboxylic acids is 1. The standard InChI is InChI=1S/C23H32N4O2/c1-29-21-10-8-20(9-11-21)27-15-12-22(24-27)23(28)26-14-5-13-25(16-17-26)18-19-6-3-2-4-7-19/h8-12,15,19H,2-7,13-14,16-18H2,1H3. The molecule has 0 N–H and O–H groups in total. The summed E-state index contributed by atoms with van der Waals surface area (Å²) < 4.78 is 6.95. The van der Waals surface area contributed by atoms with Crippen LogP contribution in [0.25, 0.3) is 5.69 Å². The van der Waals surface area contributed by atoms with E-state index in [1.165, 1.54) is 38.6 Å². The molecule has 1 saturated carbocycles. The normalized spacial score (nSPS) is 19.1. The minimum Gasteiger partial charge on any atom is -0.497 e. The van der Waals surface area contributed by atoms with Crippen LogP contribution in [0.5, 0.6) is 5.75 Å². The molecule has 2 aromatic rings. The molecular formula is C23H32N4O2. The van der Waals surface area contributed by atoms with Crippen molar-refractivity contribution in [1.29, 1.82) is 0 Å². The van der Waals surface area contributed by atoms with Crippen molar-refractivity contribution in [1.82, 2.24) is 19.6 Å². The summed E-state index contributed by atoms with van der Waals surface area (Å²) in [7, 11) is 1.65. The van der Waals surface area contributed by atoms with Gasteiger partial charge in [-0.1, -0.05) is 19.3 Å². The second kappa shape index (κ2) is 9.44. The number of nitrogens with zero attached hydrogens (tertiary/aromatic N) is 4. The fourth-order valence-electron chi connectivity index (χ4n) is 4.57. The van der Waals surface area contributed by atoms with Crippen LogP contribution in [0.1, 0.15) is 49.0 Å². The number of rotatable bonds is 5. The molecule has 2 aliphatic rings. The molecule has 0 spiro atoms. The van der Waals surface area contributed by atoms with Crippen LogP contribution < -0.4 is 4.74 Å². The molecule has 156 valence electrons. The average molecular weight is 397 g/mol. The van der Waals surface area contributed by atoms with Gasteiger partial charge in [-0.05, 0) is 62.1 Å². The van der Waals surface area contributed by atoms with Gasteiger partial charge in [0.2, 0.25) is 0 Å². The second-order valence-corrected chi connectivity index (χ2v) is 8.29. The van der Waals surface area contributed by atoms with Crippen molar-refractivity contribution < 1.29 is 9.53 Å². The zero-order valence-corrected chi connectivity index (χ0v) is 17.4. The first-order chi connectivity index (χ1) is 14.2. The third-order valence-corrected chi connectivity index (χ3v) is 6.26. The van der Waals surface area contributed by atoms with E-state index in [9.17, 15) is 4.79 Å². The highest BCUT2D eigenvalue weighted by atomic mass is 16.5. The Hall–Kier alpha value is -2.34. The van der Waals surface area contributed by atoms with Gasteiger partial charge in [0.15, 0.2) is 5.69 Å². The maximum absolute atomic E-state index is 13.0. The molecule has 2 fully saturated rings. The van der Waals surface area contributed by atoms with Crippen LogP contribution in [0.3, 0.4) is 0 Å². The molecule has 1 aromatic carbocycles. The number of hydrogen-bond donors (Lipinski definition) is 0. The summed E-state index contributed by atoms with van der Waals surface area (Å²) in [5.41, 5.74) is 1.43. The summed E-state index contributed by atoms with van der Waals surface area (Å²) in [6.45, 7) is 4.88. The Morgan fingerprint density at radius 3 is 2.55 bits per heavy atom. The minimum absolute atomic E-state index is 0.0387. The van der Waals surface area contributed by atoms with Crippen LogP contribution in [-0.4, -0.2) is 65.3 Å². The Morgan fingerprint density at radius 1 is 1.00 bits per heavy atom. The van der Waals surface area contributed by atoms with Gasteiger partial charge in [0.1, 0.15) is 5.75 Å². The van der Waals surface area contributed by atoms with Crippen molar-refractivity contribution in [2.75, 3.05) is 39.8 Å². The molecule has 6 nitrogen and oxygen atoms in total. The molecule has 0 unspecified atom stereocenters. The third kappa shape index (κ3) is 4.99. The van der Waals surface area contributed by atoms with Crippen LogP contribution >= 0.6 is 0 Å². The molecule has 1 aromatic heterocycles. The van der Waals surface area contributed by atoms with E-state index < -0.39 is 0 Å². The fourth-order valence-corrected chi connectivity index (χ4v) is 4.57. The number of aromatic nitrogens is 2. The molecule has 29 heavy (non-hydrogen) atoms. The largest absolute Gasteiger partial charge is 0.497 e. The Morgan fingerprint density at radius 2 is 1.79 bits per heavy atom. The highest BCUT2D eigenvalue weighted by Crippen LogP contribution is 2.25. The molecule has 4 rings (SSSR count). The van der Waals surface area contributed by atoms with Crippen molar-refractivity contribution in [3.8, 4) is 11.4 Å². The number of amides is 1. The van der Waals surface area contributed by atoms with E-state index >= 15 is 0 Å². The van der Waals surface area contributed by atoms with Crippen molar-refractivity contribution in [3.63, 3.8) is 0 Å². The molecule has 2 heterocycles. The molecule has 1 aliphatic carbocycles. The predicted octanol–water partition coefficient (Wildman–Crippen LogP) is 3.61. The average Bonchev–Trinajstić information content (AvgIpc) is 3.15. The zero-order chi connectivity index (χ0) is 20.1. The van der Waals surface area contributed by atoms with Crippen LogP contribution in [0.15, 0.2) is 36.5 Å². The molecule has 0 atom stereocenters. The van der Waals surface area contributed by atoms with Crippen molar-refractivity contribution >= 4 is 5.91 Å². The van der Waals surface area contributed by atoms with E-state index in [-0.39, 0.29) is 5.91 Å². The van der Waals surface area contributed by atoms with Gasteiger partial charge in [0, 0.05) is 32.4 Å². The van der Waals surface area contributed by atoms with E-state index in [1.54, 1.807) is 11.8 Å². The van der Waals surface area contributed by atoms with Gasteiger partial charge in [-0.2, -0.15) is 5.10 Å². The SMILES string of the molecule is COc1ccc(-n2ccc(C(=O)N3CCCN(CC4CCCCC4)CC3)n2)cc1. The van der Waals surface area contributed by atoms with E-state index in [0.29, 0.717) is 5.69 Å². The van der Waals surface area contributed by atoms with Gasteiger partial charge < -0.3 is 14.5 Å². The topological polar surface area (TPSA) is 50.6 Å². The summed E-state index contributed by atoms with van der Waals surface area (Å²) in [4.78, 5) is 17.5. The summed E-state index contributed by atoms with van der Waals surface area (Å²) in [5, 5.41) is 4.53. The van der Waals surface area contributed by atoms with Gasteiger partial charge in [-0.3, -0.25) is 4.79 Å². The first-order valence-corrected chi connectivity index (χ1v) is 10.9. The Kier molecular flexibility index (Phi) is 6.49. The molecule has 6 heteroatoms. The maximum atomic E-state index is 13.0. The molecule has 1 aliphatic heterocycles. The van der Waals surface area contributed by atoms with E-state index in [4.69, 9.17) is 4.74 Å². The summed E-state index contributed by atoms with van der Waals surface area (Å²) in [6.07, 6.45) is 9.83. The van der Waals surface area contributed by atoms with Crippen molar-refractivity contribution in [2.24, 2.45) is 5.92 Å². The van der Waals surface area contributed by atoms with Crippen LogP contribution in [0.2, 0.25) is 0 Å². The van der Waals surface area contributed by atoms with E-state index in [0.717, 1.165) is 50.0 Å². The lowest BCUT2D eigenvalue weighted by Gasteiger charge is -2.28. The van der Waals surface area contributed by atoms with Gasteiger partial charge in [0.05, 0.1) is 12.8 Å².